The van der Waals surface area contributed by atoms with Crippen LogP contribution in [0, 0.1) is 0 Å². The number of benzene rings is 2. The van der Waals surface area contributed by atoms with Gasteiger partial charge in [0.05, 0.1) is 6.54 Å². The van der Waals surface area contributed by atoms with Gasteiger partial charge in [-0.2, -0.15) is 0 Å². The Morgan fingerprint density at radius 1 is 1.08 bits per heavy atom. The van der Waals surface area contributed by atoms with E-state index in [0.717, 1.165) is 5.56 Å². The second-order valence-electron chi connectivity index (χ2n) is 5.78. The van der Waals surface area contributed by atoms with Crippen LogP contribution in [0.5, 0.6) is 11.5 Å². The molecule has 25 heavy (non-hydrogen) atoms. The highest BCUT2D eigenvalue weighted by Gasteiger charge is 2.32. The number of hydrogen-bond acceptors (Lipinski definition) is 5. The SMILES string of the molecule is CC1=C(c2ccccc2)S(=O)(=O)NC1=NCc1ccc2c(c1)OCO2. The van der Waals surface area contributed by atoms with Crippen LogP contribution in [0.1, 0.15) is 18.1 Å². The lowest BCUT2D eigenvalue weighted by atomic mass is 10.1. The molecule has 128 valence electrons. The predicted octanol–water partition coefficient (Wildman–Crippen LogP) is 2.68. The molecular formula is C18H16N2O4S. The summed E-state index contributed by atoms with van der Waals surface area (Å²) in [6.45, 7) is 2.32. The second kappa shape index (κ2) is 5.93. The first-order valence-corrected chi connectivity index (χ1v) is 9.25. The molecule has 0 spiro atoms. The summed E-state index contributed by atoms with van der Waals surface area (Å²) >= 11 is 0. The average Bonchev–Trinajstić information content (AvgIpc) is 3.15. The molecule has 2 aromatic carbocycles. The summed E-state index contributed by atoms with van der Waals surface area (Å²) < 4.78 is 38.1. The Morgan fingerprint density at radius 2 is 1.84 bits per heavy atom. The largest absolute Gasteiger partial charge is 0.454 e. The molecule has 0 saturated carbocycles. The maximum atomic E-state index is 12.5. The molecule has 2 aliphatic heterocycles. The van der Waals surface area contributed by atoms with Crippen LogP contribution in [0.2, 0.25) is 0 Å². The van der Waals surface area contributed by atoms with Crippen LogP contribution in [0.25, 0.3) is 4.91 Å². The number of nitrogens with one attached hydrogen (secondary N) is 1. The van der Waals surface area contributed by atoms with Crippen molar-refractivity contribution in [1.29, 1.82) is 0 Å². The van der Waals surface area contributed by atoms with Gasteiger partial charge in [-0.1, -0.05) is 36.4 Å². The van der Waals surface area contributed by atoms with Crippen molar-refractivity contribution in [3.05, 3.63) is 65.2 Å². The number of hydrogen-bond donors (Lipinski definition) is 1. The van der Waals surface area contributed by atoms with Crippen LogP contribution >= 0.6 is 0 Å². The Labute approximate surface area is 145 Å². The molecule has 0 radical (unpaired) electrons. The van der Waals surface area contributed by atoms with Crippen LogP contribution in [-0.4, -0.2) is 21.0 Å². The molecule has 2 aliphatic rings. The fourth-order valence-electron chi connectivity index (χ4n) is 2.89. The Hall–Kier alpha value is -2.80. The molecule has 2 heterocycles. The Morgan fingerprint density at radius 3 is 2.64 bits per heavy atom. The van der Waals surface area contributed by atoms with Gasteiger partial charge in [0, 0.05) is 5.57 Å². The fourth-order valence-corrected chi connectivity index (χ4v) is 4.41. The molecule has 0 atom stereocenters. The van der Waals surface area contributed by atoms with Crippen LogP contribution in [0.4, 0.5) is 0 Å². The van der Waals surface area contributed by atoms with E-state index in [-0.39, 0.29) is 11.7 Å². The van der Waals surface area contributed by atoms with Gasteiger partial charge in [-0.3, -0.25) is 9.71 Å². The molecule has 0 aromatic heterocycles. The summed E-state index contributed by atoms with van der Waals surface area (Å²) in [4.78, 5) is 4.72. The number of ether oxygens (including phenoxy) is 2. The highest BCUT2D eigenvalue weighted by atomic mass is 32.2. The van der Waals surface area contributed by atoms with Crippen molar-refractivity contribution in [2.24, 2.45) is 4.99 Å². The molecule has 7 heteroatoms. The van der Waals surface area contributed by atoms with Gasteiger partial charge in [-0.25, -0.2) is 8.42 Å². The van der Waals surface area contributed by atoms with Gasteiger partial charge < -0.3 is 9.47 Å². The molecular weight excluding hydrogens is 340 g/mol. The molecule has 0 unspecified atom stereocenters. The van der Waals surface area contributed by atoms with Crippen LogP contribution in [-0.2, 0) is 16.6 Å². The smallest absolute Gasteiger partial charge is 0.264 e. The van der Waals surface area contributed by atoms with E-state index in [4.69, 9.17) is 9.47 Å². The van der Waals surface area contributed by atoms with E-state index in [1.54, 1.807) is 19.1 Å². The average molecular weight is 356 g/mol. The molecule has 1 N–H and O–H groups in total. The quantitative estimate of drug-likeness (QED) is 0.917. The first kappa shape index (κ1) is 15.7. The lowest BCUT2D eigenvalue weighted by molar-refractivity contribution is 0.174. The van der Waals surface area contributed by atoms with Gasteiger partial charge in [0.2, 0.25) is 6.79 Å². The van der Waals surface area contributed by atoms with Crippen molar-refractivity contribution >= 4 is 20.8 Å². The summed E-state index contributed by atoms with van der Waals surface area (Å²) in [5, 5.41) is 0. The molecule has 6 nitrogen and oxygen atoms in total. The Kier molecular flexibility index (Phi) is 3.73. The van der Waals surface area contributed by atoms with Crippen molar-refractivity contribution in [2.75, 3.05) is 6.79 Å². The monoisotopic (exact) mass is 356 g/mol. The van der Waals surface area contributed by atoms with E-state index < -0.39 is 10.0 Å². The van der Waals surface area contributed by atoms with Crippen molar-refractivity contribution in [1.82, 2.24) is 4.72 Å². The van der Waals surface area contributed by atoms with Crippen molar-refractivity contribution in [3.63, 3.8) is 0 Å². The highest BCUT2D eigenvalue weighted by molar-refractivity contribution is 8.00. The topological polar surface area (TPSA) is 77.0 Å². The van der Waals surface area contributed by atoms with Gasteiger partial charge in [0.15, 0.2) is 11.5 Å². The minimum atomic E-state index is -3.60. The van der Waals surface area contributed by atoms with E-state index in [9.17, 15) is 8.42 Å². The second-order valence-corrected chi connectivity index (χ2v) is 7.40. The zero-order valence-electron chi connectivity index (χ0n) is 13.5. The zero-order valence-corrected chi connectivity index (χ0v) is 14.3. The zero-order chi connectivity index (χ0) is 17.4. The molecule has 0 amide bonds. The predicted molar refractivity (Wildman–Crippen MR) is 94.8 cm³/mol. The number of amidine groups is 1. The van der Waals surface area contributed by atoms with E-state index in [1.165, 1.54) is 0 Å². The summed E-state index contributed by atoms with van der Waals surface area (Å²) in [7, 11) is -3.60. The number of rotatable bonds is 3. The first-order chi connectivity index (χ1) is 12.0. The number of nitrogens with zero attached hydrogens (tertiary/aromatic N) is 1. The fraction of sp³-hybridized carbons (Fsp3) is 0.167. The van der Waals surface area contributed by atoms with Crippen LogP contribution < -0.4 is 14.2 Å². The van der Waals surface area contributed by atoms with Crippen LogP contribution in [0.15, 0.2) is 59.1 Å². The van der Waals surface area contributed by atoms with Gasteiger partial charge in [0.25, 0.3) is 10.0 Å². The Balaban J connectivity index is 1.65. The Bertz CT molecular complexity index is 995. The molecule has 2 aromatic rings. The minimum absolute atomic E-state index is 0.218. The highest BCUT2D eigenvalue weighted by Crippen LogP contribution is 2.33. The van der Waals surface area contributed by atoms with Crippen molar-refractivity contribution in [3.8, 4) is 11.5 Å². The van der Waals surface area contributed by atoms with Gasteiger partial charge >= 0.3 is 0 Å². The van der Waals surface area contributed by atoms with Gasteiger partial charge in [0.1, 0.15) is 10.7 Å². The normalized spacial score (nSPS) is 19.3. The summed E-state index contributed by atoms with van der Waals surface area (Å²) in [5.74, 6) is 1.76. The number of aliphatic imine (C=N–C) groups is 1. The third-order valence-electron chi connectivity index (χ3n) is 4.09. The minimum Gasteiger partial charge on any atom is -0.454 e. The van der Waals surface area contributed by atoms with Crippen molar-refractivity contribution in [2.45, 2.75) is 13.5 Å². The lowest BCUT2D eigenvalue weighted by Crippen LogP contribution is -2.23. The van der Waals surface area contributed by atoms with Crippen molar-refractivity contribution < 1.29 is 17.9 Å². The standard InChI is InChI=1S/C18H16N2O4S/c1-12-17(14-5-3-2-4-6-14)25(21,22)20-18(12)19-10-13-7-8-15-16(9-13)24-11-23-15/h2-9H,10-11H2,1H3,(H,19,20). The third kappa shape index (κ3) is 2.87. The molecule has 4 rings (SSSR count). The number of fused-ring (bicyclic) bond motifs is 1. The van der Waals surface area contributed by atoms with E-state index in [1.807, 2.05) is 36.4 Å². The van der Waals surface area contributed by atoms with Crippen LogP contribution in [0.3, 0.4) is 0 Å². The number of sulfonamides is 1. The lowest BCUT2D eigenvalue weighted by Gasteiger charge is -2.02. The van der Waals surface area contributed by atoms with E-state index in [2.05, 4.69) is 9.71 Å². The summed E-state index contributed by atoms with van der Waals surface area (Å²) in [6, 6.07) is 14.6. The maximum Gasteiger partial charge on any atom is 0.264 e. The summed E-state index contributed by atoms with van der Waals surface area (Å²) in [6.07, 6.45) is 0. The molecule has 0 aliphatic carbocycles. The van der Waals surface area contributed by atoms with Gasteiger partial charge in [-0.05, 0) is 30.2 Å². The van der Waals surface area contributed by atoms with E-state index in [0.29, 0.717) is 35.0 Å². The molecule has 0 bridgehead atoms. The first-order valence-electron chi connectivity index (χ1n) is 7.77. The maximum absolute atomic E-state index is 12.5. The van der Waals surface area contributed by atoms with Gasteiger partial charge in [-0.15, -0.1) is 0 Å². The molecule has 0 fully saturated rings. The third-order valence-corrected chi connectivity index (χ3v) is 5.63. The van der Waals surface area contributed by atoms with E-state index >= 15 is 0 Å². The molecule has 0 saturated heterocycles. The summed E-state index contributed by atoms with van der Waals surface area (Å²) in [5.41, 5.74) is 2.18.